The van der Waals surface area contributed by atoms with Crippen molar-refractivity contribution in [3.8, 4) is 5.75 Å². The standard InChI is InChI=1S/C22H15Cl3F4N2O2/c23-16-8-18(24)20(19(25)9-16)33-6-5-31(21(32)14-7-17(26)11-30-10-14)12-13-1-3-15(4-2-13)22(27,28)29/h1-4,7-11H,5-6,12H2. The highest BCUT2D eigenvalue weighted by molar-refractivity contribution is 6.40. The number of nitrogens with zero attached hydrogens (tertiary/aromatic N) is 2. The number of carbonyl (C=O) groups excluding carboxylic acids is 1. The van der Waals surface area contributed by atoms with Gasteiger partial charge in [0.2, 0.25) is 0 Å². The minimum absolute atomic E-state index is 0.00828. The van der Waals surface area contributed by atoms with Crippen molar-refractivity contribution in [2.45, 2.75) is 12.7 Å². The van der Waals surface area contributed by atoms with Crippen molar-refractivity contribution < 1.29 is 27.1 Å². The SMILES string of the molecule is O=C(c1cncc(F)c1)N(CCOc1c(Cl)cc(Cl)cc1Cl)Cc1ccc(C(F)(F)F)cc1. The lowest BCUT2D eigenvalue weighted by molar-refractivity contribution is -0.137. The molecule has 2 aromatic carbocycles. The molecule has 0 fully saturated rings. The first-order valence-electron chi connectivity index (χ1n) is 9.38. The molecule has 1 aromatic heterocycles. The molecule has 33 heavy (non-hydrogen) atoms. The summed E-state index contributed by atoms with van der Waals surface area (Å²) in [4.78, 5) is 17.9. The van der Waals surface area contributed by atoms with Crippen LogP contribution in [0.3, 0.4) is 0 Å². The Morgan fingerprint density at radius 1 is 1.00 bits per heavy atom. The second kappa shape index (κ2) is 10.6. The van der Waals surface area contributed by atoms with Crippen LogP contribution in [0.2, 0.25) is 15.1 Å². The largest absolute Gasteiger partial charge is 0.489 e. The van der Waals surface area contributed by atoms with E-state index in [0.717, 1.165) is 24.4 Å². The van der Waals surface area contributed by atoms with Crippen molar-refractivity contribution in [3.05, 3.63) is 92.4 Å². The molecule has 0 unspecified atom stereocenters. The third kappa shape index (κ3) is 6.72. The molecule has 0 aliphatic rings. The lowest BCUT2D eigenvalue weighted by Crippen LogP contribution is -2.34. The number of carbonyl (C=O) groups is 1. The van der Waals surface area contributed by atoms with Gasteiger partial charge < -0.3 is 9.64 Å². The van der Waals surface area contributed by atoms with Crippen LogP contribution in [-0.4, -0.2) is 28.9 Å². The Hall–Kier alpha value is -2.55. The molecule has 1 heterocycles. The Kier molecular flexibility index (Phi) is 8.05. The minimum Gasteiger partial charge on any atom is -0.489 e. The van der Waals surface area contributed by atoms with Gasteiger partial charge in [-0.15, -0.1) is 0 Å². The first-order valence-corrected chi connectivity index (χ1v) is 10.5. The summed E-state index contributed by atoms with van der Waals surface area (Å²) < 4.78 is 57.7. The number of ether oxygens (including phenoxy) is 1. The number of benzene rings is 2. The highest BCUT2D eigenvalue weighted by Crippen LogP contribution is 2.35. The number of halogens is 7. The van der Waals surface area contributed by atoms with E-state index < -0.39 is 23.5 Å². The van der Waals surface area contributed by atoms with Crippen LogP contribution in [0.5, 0.6) is 5.75 Å². The molecule has 174 valence electrons. The quantitative estimate of drug-likeness (QED) is 0.317. The van der Waals surface area contributed by atoms with E-state index in [1.54, 1.807) is 0 Å². The molecule has 0 aliphatic heterocycles. The summed E-state index contributed by atoms with van der Waals surface area (Å²) in [5.74, 6) is -1.12. The monoisotopic (exact) mass is 520 g/mol. The Balaban J connectivity index is 1.79. The predicted octanol–water partition coefficient (Wildman–Crippen LogP) is 6.92. The molecule has 0 saturated carbocycles. The van der Waals surface area contributed by atoms with E-state index in [2.05, 4.69) is 4.98 Å². The molecule has 11 heteroatoms. The molecule has 0 bridgehead atoms. The Morgan fingerprint density at radius 2 is 1.64 bits per heavy atom. The van der Waals surface area contributed by atoms with E-state index in [0.29, 0.717) is 10.6 Å². The number of hydrogen-bond acceptors (Lipinski definition) is 3. The maximum Gasteiger partial charge on any atom is 0.416 e. The van der Waals surface area contributed by atoms with Crippen LogP contribution in [0.15, 0.2) is 54.9 Å². The van der Waals surface area contributed by atoms with E-state index in [4.69, 9.17) is 39.5 Å². The molecule has 0 spiro atoms. The number of alkyl halides is 3. The maximum atomic E-state index is 13.6. The lowest BCUT2D eigenvalue weighted by atomic mass is 10.1. The van der Waals surface area contributed by atoms with E-state index in [1.165, 1.54) is 35.4 Å². The van der Waals surface area contributed by atoms with E-state index >= 15 is 0 Å². The van der Waals surface area contributed by atoms with Gasteiger partial charge in [-0.1, -0.05) is 46.9 Å². The number of hydrogen-bond donors (Lipinski definition) is 0. The zero-order valence-corrected chi connectivity index (χ0v) is 18.9. The number of amides is 1. The fraction of sp³-hybridized carbons (Fsp3) is 0.182. The fourth-order valence-corrected chi connectivity index (χ4v) is 3.83. The first kappa shape index (κ1) is 25.1. The summed E-state index contributed by atoms with van der Waals surface area (Å²) in [7, 11) is 0. The maximum absolute atomic E-state index is 13.6. The van der Waals surface area contributed by atoms with Gasteiger partial charge in [0, 0.05) is 17.8 Å². The van der Waals surface area contributed by atoms with E-state index in [-0.39, 0.29) is 41.1 Å². The third-order valence-corrected chi connectivity index (χ3v) is 5.24. The second-order valence-corrected chi connectivity index (χ2v) is 8.11. The average Bonchev–Trinajstić information content (AvgIpc) is 2.74. The molecule has 0 aliphatic carbocycles. The molecular weight excluding hydrogens is 507 g/mol. The van der Waals surface area contributed by atoms with Gasteiger partial charge in [-0.25, -0.2) is 4.39 Å². The van der Waals surface area contributed by atoms with Gasteiger partial charge in [-0.05, 0) is 35.9 Å². The Bertz CT molecular complexity index is 1120. The third-order valence-electron chi connectivity index (χ3n) is 4.46. The topological polar surface area (TPSA) is 42.4 Å². The zero-order valence-electron chi connectivity index (χ0n) is 16.7. The molecular formula is C22H15Cl3F4N2O2. The highest BCUT2D eigenvalue weighted by Gasteiger charge is 2.30. The van der Waals surface area contributed by atoms with Crippen LogP contribution < -0.4 is 4.74 Å². The molecule has 3 rings (SSSR count). The van der Waals surface area contributed by atoms with Gasteiger partial charge in [-0.3, -0.25) is 9.78 Å². The van der Waals surface area contributed by atoms with Crippen molar-refractivity contribution in [1.29, 1.82) is 0 Å². The van der Waals surface area contributed by atoms with Crippen molar-refractivity contribution in [1.82, 2.24) is 9.88 Å². The van der Waals surface area contributed by atoms with Crippen LogP contribution in [0.25, 0.3) is 0 Å². The molecule has 0 saturated heterocycles. The molecule has 1 amide bonds. The van der Waals surface area contributed by atoms with Gasteiger partial charge in [0.15, 0.2) is 5.75 Å². The summed E-state index contributed by atoms with van der Waals surface area (Å²) >= 11 is 18.1. The molecule has 0 radical (unpaired) electrons. The number of rotatable bonds is 7. The van der Waals surface area contributed by atoms with Crippen LogP contribution in [0, 0.1) is 5.82 Å². The van der Waals surface area contributed by atoms with Gasteiger partial charge in [0.1, 0.15) is 12.4 Å². The fourth-order valence-electron chi connectivity index (χ4n) is 2.91. The molecule has 4 nitrogen and oxygen atoms in total. The van der Waals surface area contributed by atoms with Crippen LogP contribution >= 0.6 is 34.8 Å². The van der Waals surface area contributed by atoms with Crippen molar-refractivity contribution >= 4 is 40.7 Å². The summed E-state index contributed by atoms with van der Waals surface area (Å²) in [6, 6.07) is 8.27. The summed E-state index contributed by atoms with van der Waals surface area (Å²) in [5, 5.41) is 0.653. The normalized spacial score (nSPS) is 11.4. The molecule has 0 atom stereocenters. The lowest BCUT2D eigenvalue weighted by Gasteiger charge is -2.23. The van der Waals surface area contributed by atoms with Crippen molar-refractivity contribution in [2.75, 3.05) is 13.2 Å². The van der Waals surface area contributed by atoms with Gasteiger partial charge in [0.25, 0.3) is 5.91 Å². The van der Waals surface area contributed by atoms with Gasteiger partial charge in [-0.2, -0.15) is 13.2 Å². The van der Waals surface area contributed by atoms with Gasteiger partial charge >= 0.3 is 6.18 Å². The molecule has 0 N–H and O–H groups in total. The Morgan fingerprint density at radius 3 is 2.21 bits per heavy atom. The number of aromatic nitrogens is 1. The average molecular weight is 522 g/mol. The predicted molar refractivity (Wildman–Crippen MR) is 117 cm³/mol. The Labute approximate surface area is 201 Å². The van der Waals surface area contributed by atoms with Gasteiger partial charge in [0.05, 0.1) is 33.9 Å². The highest BCUT2D eigenvalue weighted by atomic mass is 35.5. The summed E-state index contributed by atoms with van der Waals surface area (Å²) in [5.41, 5.74) is -0.401. The van der Waals surface area contributed by atoms with Crippen LogP contribution in [0.1, 0.15) is 21.5 Å². The minimum atomic E-state index is -4.48. The van der Waals surface area contributed by atoms with Crippen LogP contribution in [0.4, 0.5) is 17.6 Å². The van der Waals surface area contributed by atoms with Crippen molar-refractivity contribution in [2.24, 2.45) is 0 Å². The first-order chi connectivity index (χ1) is 15.5. The van der Waals surface area contributed by atoms with E-state index in [1.807, 2.05) is 0 Å². The smallest absolute Gasteiger partial charge is 0.416 e. The summed E-state index contributed by atoms with van der Waals surface area (Å²) in [6.45, 7) is -0.124. The second-order valence-electron chi connectivity index (χ2n) is 6.86. The molecule has 3 aromatic rings. The van der Waals surface area contributed by atoms with Crippen molar-refractivity contribution in [3.63, 3.8) is 0 Å². The van der Waals surface area contributed by atoms with Crippen LogP contribution in [-0.2, 0) is 12.7 Å². The van der Waals surface area contributed by atoms with E-state index in [9.17, 15) is 22.4 Å². The number of pyridine rings is 1. The summed E-state index contributed by atoms with van der Waals surface area (Å²) in [6.07, 6.45) is -2.34. The zero-order chi connectivity index (χ0) is 24.2.